The third kappa shape index (κ3) is 3.85. The molecule has 1 aliphatic heterocycles. The number of amides is 1. The Balaban J connectivity index is 1.40. The van der Waals surface area contributed by atoms with E-state index < -0.39 is 0 Å². The van der Waals surface area contributed by atoms with Gasteiger partial charge in [0.2, 0.25) is 5.91 Å². The molecule has 21 heavy (non-hydrogen) atoms. The van der Waals surface area contributed by atoms with Crippen LogP contribution in [0.1, 0.15) is 49.7 Å². The molecule has 3 nitrogen and oxygen atoms in total. The molecule has 1 aromatic carbocycles. The number of hydrogen-bond acceptors (Lipinski definition) is 2. The first-order valence-corrected chi connectivity index (χ1v) is 8.41. The largest absolute Gasteiger partial charge is 0.355 e. The number of benzene rings is 1. The Morgan fingerprint density at radius 1 is 1.19 bits per heavy atom. The molecule has 1 saturated carbocycles. The number of fused-ring (bicyclic) bond motifs is 1. The summed E-state index contributed by atoms with van der Waals surface area (Å²) in [5.74, 6) is 1.08. The van der Waals surface area contributed by atoms with Crippen molar-refractivity contribution in [1.29, 1.82) is 0 Å². The number of hydrogen-bond donors (Lipinski definition) is 2. The van der Waals surface area contributed by atoms with E-state index in [4.69, 9.17) is 0 Å². The lowest BCUT2D eigenvalue weighted by molar-refractivity contribution is -0.123. The van der Waals surface area contributed by atoms with Crippen molar-refractivity contribution >= 4 is 5.91 Å². The van der Waals surface area contributed by atoms with Crippen molar-refractivity contribution in [2.45, 2.75) is 57.5 Å². The topological polar surface area (TPSA) is 41.1 Å². The van der Waals surface area contributed by atoms with Crippen LogP contribution in [0.2, 0.25) is 0 Å². The van der Waals surface area contributed by atoms with Gasteiger partial charge in [-0.1, -0.05) is 49.9 Å². The molecule has 1 amide bonds. The van der Waals surface area contributed by atoms with Crippen molar-refractivity contribution in [1.82, 2.24) is 10.6 Å². The van der Waals surface area contributed by atoms with Crippen LogP contribution < -0.4 is 10.6 Å². The maximum absolute atomic E-state index is 12.2. The molecular formula is C18H26N2O. The molecular weight excluding hydrogens is 260 g/mol. The van der Waals surface area contributed by atoms with E-state index in [0.717, 1.165) is 31.8 Å². The fraction of sp³-hybridized carbons (Fsp3) is 0.611. The highest BCUT2D eigenvalue weighted by Crippen LogP contribution is 2.28. The van der Waals surface area contributed by atoms with E-state index in [1.807, 2.05) is 0 Å². The number of rotatable bonds is 5. The van der Waals surface area contributed by atoms with Gasteiger partial charge in [0.25, 0.3) is 0 Å². The molecule has 3 rings (SSSR count). The second-order valence-electron chi connectivity index (χ2n) is 6.49. The molecule has 0 radical (unpaired) electrons. The predicted molar refractivity (Wildman–Crippen MR) is 85.0 cm³/mol. The van der Waals surface area contributed by atoms with Crippen molar-refractivity contribution < 1.29 is 4.79 Å². The van der Waals surface area contributed by atoms with Gasteiger partial charge in [-0.05, 0) is 36.3 Å². The molecule has 1 atom stereocenters. The van der Waals surface area contributed by atoms with Crippen molar-refractivity contribution in [2.75, 3.05) is 6.54 Å². The summed E-state index contributed by atoms with van der Waals surface area (Å²) in [6.07, 6.45) is 8.82. The summed E-state index contributed by atoms with van der Waals surface area (Å²) in [6, 6.07) is 8.32. The van der Waals surface area contributed by atoms with Gasteiger partial charge in [0, 0.05) is 13.1 Å². The Bertz CT molecular complexity index is 480. The SMILES string of the molecule is O=C(NCCCC1CCCC1)[C@@H]1Cc2ccccc2CN1. The van der Waals surface area contributed by atoms with E-state index in [9.17, 15) is 4.79 Å². The Morgan fingerprint density at radius 3 is 2.76 bits per heavy atom. The Hall–Kier alpha value is -1.35. The first kappa shape index (κ1) is 14.6. The van der Waals surface area contributed by atoms with Crippen LogP contribution in [0, 0.1) is 5.92 Å². The first-order chi connectivity index (χ1) is 10.3. The summed E-state index contributed by atoms with van der Waals surface area (Å²) >= 11 is 0. The molecule has 114 valence electrons. The van der Waals surface area contributed by atoms with Gasteiger partial charge in [-0.2, -0.15) is 0 Å². The van der Waals surface area contributed by atoms with Gasteiger partial charge < -0.3 is 10.6 Å². The van der Waals surface area contributed by atoms with E-state index in [-0.39, 0.29) is 11.9 Å². The van der Waals surface area contributed by atoms with Crippen LogP contribution in [0.3, 0.4) is 0 Å². The zero-order chi connectivity index (χ0) is 14.5. The van der Waals surface area contributed by atoms with Gasteiger partial charge in [-0.15, -0.1) is 0 Å². The standard InChI is InChI=1S/C18H26N2O/c21-18(19-11-5-8-14-6-1-2-7-14)17-12-15-9-3-4-10-16(15)13-20-17/h3-4,9-10,14,17,20H,1-2,5-8,11-13H2,(H,19,21)/t17-/m0/s1. The maximum Gasteiger partial charge on any atom is 0.237 e. The second-order valence-corrected chi connectivity index (χ2v) is 6.49. The Kier molecular flexibility index (Phi) is 4.91. The van der Waals surface area contributed by atoms with Crippen LogP contribution >= 0.6 is 0 Å². The average Bonchev–Trinajstić information content (AvgIpc) is 3.04. The molecule has 2 aliphatic rings. The number of carbonyl (C=O) groups excluding carboxylic acids is 1. The molecule has 0 aromatic heterocycles. The fourth-order valence-corrected chi connectivity index (χ4v) is 3.66. The molecule has 0 spiro atoms. The maximum atomic E-state index is 12.2. The van der Waals surface area contributed by atoms with E-state index in [2.05, 4.69) is 34.9 Å². The minimum Gasteiger partial charge on any atom is -0.355 e. The number of nitrogens with one attached hydrogen (secondary N) is 2. The highest BCUT2D eigenvalue weighted by Gasteiger charge is 2.23. The smallest absolute Gasteiger partial charge is 0.237 e. The minimum atomic E-state index is -0.0635. The summed E-state index contributed by atoms with van der Waals surface area (Å²) < 4.78 is 0. The van der Waals surface area contributed by atoms with Crippen molar-refractivity contribution in [3.05, 3.63) is 35.4 Å². The summed E-state index contributed by atoms with van der Waals surface area (Å²) in [4.78, 5) is 12.2. The van der Waals surface area contributed by atoms with Gasteiger partial charge in [-0.3, -0.25) is 4.79 Å². The third-order valence-electron chi connectivity index (χ3n) is 4.96. The van der Waals surface area contributed by atoms with Crippen LogP contribution in [0.15, 0.2) is 24.3 Å². The number of carbonyl (C=O) groups is 1. The first-order valence-electron chi connectivity index (χ1n) is 8.41. The molecule has 3 heteroatoms. The van der Waals surface area contributed by atoms with Gasteiger partial charge in [0.15, 0.2) is 0 Å². The molecule has 0 saturated heterocycles. The van der Waals surface area contributed by atoms with Crippen LogP contribution in [-0.2, 0) is 17.8 Å². The highest BCUT2D eigenvalue weighted by molar-refractivity contribution is 5.82. The van der Waals surface area contributed by atoms with Crippen LogP contribution in [0.4, 0.5) is 0 Å². The second kappa shape index (κ2) is 7.08. The van der Waals surface area contributed by atoms with Crippen molar-refractivity contribution in [3.63, 3.8) is 0 Å². The minimum absolute atomic E-state index is 0.0635. The molecule has 1 fully saturated rings. The molecule has 1 aliphatic carbocycles. The van der Waals surface area contributed by atoms with E-state index >= 15 is 0 Å². The molecule has 1 heterocycles. The lowest BCUT2D eigenvalue weighted by Crippen LogP contribution is -2.47. The third-order valence-corrected chi connectivity index (χ3v) is 4.96. The molecule has 1 aromatic rings. The normalized spacial score (nSPS) is 22.0. The summed E-state index contributed by atoms with van der Waals surface area (Å²) in [5.41, 5.74) is 2.63. The zero-order valence-corrected chi connectivity index (χ0v) is 12.7. The van der Waals surface area contributed by atoms with E-state index in [0.29, 0.717) is 0 Å². The lowest BCUT2D eigenvalue weighted by Gasteiger charge is -2.25. The monoisotopic (exact) mass is 286 g/mol. The Labute approximate surface area is 127 Å². The van der Waals surface area contributed by atoms with Crippen molar-refractivity contribution in [2.24, 2.45) is 5.92 Å². The fourth-order valence-electron chi connectivity index (χ4n) is 3.66. The molecule has 0 bridgehead atoms. The van der Waals surface area contributed by atoms with Crippen molar-refractivity contribution in [3.8, 4) is 0 Å². The van der Waals surface area contributed by atoms with Gasteiger partial charge >= 0.3 is 0 Å². The van der Waals surface area contributed by atoms with E-state index in [1.165, 1.54) is 43.2 Å². The van der Waals surface area contributed by atoms with Gasteiger partial charge in [-0.25, -0.2) is 0 Å². The zero-order valence-electron chi connectivity index (χ0n) is 12.7. The summed E-state index contributed by atoms with van der Waals surface area (Å²) in [7, 11) is 0. The van der Waals surface area contributed by atoms with Gasteiger partial charge in [0.1, 0.15) is 0 Å². The predicted octanol–water partition coefficient (Wildman–Crippen LogP) is 2.79. The molecule has 2 N–H and O–H groups in total. The van der Waals surface area contributed by atoms with Crippen LogP contribution in [-0.4, -0.2) is 18.5 Å². The summed E-state index contributed by atoms with van der Waals surface area (Å²) in [6.45, 7) is 1.63. The lowest BCUT2D eigenvalue weighted by atomic mass is 9.95. The highest BCUT2D eigenvalue weighted by atomic mass is 16.2. The average molecular weight is 286 g/mol. The van der Waals surface area contributed by atoms with E-state index in [1.54, 1.807) is 0 Å². The van der Waals surface area contributed by atoms with Crippen LogP contribution in [0.25, 0.3) is 0 Å². The summed E-state index contributed by atoms with van der Waals surface area (Å²) in [5, 5.41) is 6.45. The van der Waals surface area contributed by atoms with Crippen LogP contribution in [0.5, 0.6) is 0 Å². The molecule has 0 unspecified atom stereocenters. The Morgan fingerprint density at radius 2 is 1.95 bits per heavy atom. The quantitative estimate of drug-likeness (QED) is 0.817. The van der Waals surface area contributed by atoms with Gasteiger partial charge in [0.05, 0.1) is 6.04 Å².